The third kappa shape index (κ3) is 2.66. The lowest BCUT2D eigenvalue weighted by Gasteiger charge is -2.22. The van der Waals surface area contributed by atoms with Crippen molar-refractivity contribution >= 4 is 11.6 Å². The Morgan fingerprint density at radius 1 is 1.62 bits per heavy atom. The van der Waals surface area contributed by atoms with Crippen molar-refractivity contribution in [2.24, 2.45) is 0 Å². The Hall–Kier alpha value is -0.640. The van der Waals surface area contributed by atoms with Gasteiger partial charge in [-0.1, -0.05) is 11.6 Å². The summed E-state index contributed by atoms with van der Waals surface area (Å²) in [5, 5.41) is 18.9. The van der Waals surface area contributed by atoms with Crippen LogP contribution in [0.4, 0.5) is 0 Å². The smallest absolute Gasteiger partial charge is 0.129 e. The maximum Gasteiger partial charge on any atom is 0.129 e. The van der Waals surface area contributed by atoms with E-state index < -0.39 is 5.60 Å². The lowest BCUT2D eigenvalue weighted by molar-refractivity contribution is 0.0298. The van der Waals surface area contributed by atoms with E-state index in [4.69, 9.17) is 16.7 Å². The molecule has 2 N–H and O–H groups in total. The highest BCUT2D eigenvalue weighted by Gasteiger charge is 2.22. The molecule has 0 amide bonds. The van der Waals surface area contributed by atoms with Crippen molar-refractivity contribution in [2.75, 3.05) is 6.61 Å². The summed E-state index contributed by atoms with van der Waals surface area (Å²) in [7, 11) is 0. The average Bonchev–Trinajstić information content (AvgIpc) is 2.04. The number of aromatic nitrogens is 1. The number of hydrogen-bond donors (Lipinski definition) is 2. The number of aliphatic hydroxyl groups excluding tert-OH is 1. The molecule has 72 valence electrons. The zero-order valence-electron chi connectivity index (χ0n) is 7.37. The third-order valence-corrected chi connectivity index (χ3v) is 2.15. The lowest BCUT2D eigenvalue weighted by Crippen LogP contribution is -2.22. The highest BCUT2D eigenvalue weighted by molar-refractivity contribution is 6.29. The number of halogens is 1. The molecule has 1 rings (SSSR count). The first-order valence-electron chi connectivity index (χ1n) is 4.01. The number of rotatable bonds is 3. The molecule has 1 atom stereocenters. The van der Waals surface area contributed by atoms with Gasteiger partial charge in [-0.25, -0.2) is 4.98 Å². The van der Waals surface area contributed by atoms with Crippen LogP contribution in [0.3, 0.4) is 0 Å². The van der Waals surface area contributed by atoms with E-state index in [0.717, 1.165) is 0 Å². The molecule has 0 fully saturated rings. The predicted molar refractivity (Wildman–Crippen MR) is 50.5 cm³/mol. The highest BCUT2D eigenvalue weighted by atomic mass is 35.5. The monoisotopic (exact) mass is 201 g/mol. The molecule has 13 heavy (non-hydrogen) atoms. The van der Waals surface area contributed by atoms with Crippen molar-refractivity contribution in [3.63, 3.8) is 0 Å². The van der Waals surface area contributed by atoms with E-state index in [2.05, 4.69) is 4.98 Å². The van der Waals surface area contributed by atoms with Gasteiger partial charge in [-0.05, 0) is 24.6 Å². The van der Waals surface area contributed by atoms with Crippen LogP contribution in [0.1, 0.15) is 18.9 Å². The molecule has 4 heteroatoms. The molecule has 1 aromatic heterocycles. The van der Waals surface area contributed by atoms with Gasteiger partial charge in [0.15, 0.2) is 0 Å². The zero-order valence-corrected chi connectivity index (χ0v) is 8.12. The average molecular weight is 202 g/mol. The minimum absolute atomic E-state index is 0.0626. The minimum atomic E-state index is -1.04. The molecule has 1 heterocycles. The first-order valence-corrected chi connectivity index (χ1v) is 4.39. The highest BCUT2D eigenvalue weighted by Crippen LogP contribution is 2.24. The Bertz CT molecular complexity index is 289. The fourth-order valence-electron chi connectivity index (χ4n) is 1.10. The van der Waals surface area contributed by atoms with E-state index in [1.54, 1.807) is 19.1 Å². The molecule has 0 saturated heterocycles. The van der Waals surface area contributed by atoms with E-state index in [9.17, 15) is 5.11 Å². The summed E-state index contributed by atoms with van der Waals surface area (Å²) >= 11 is 5.67. The van der Waals surface area contributed by atoms with Crippen LogP contribution in [0, 0.1) is 0 Å². The topological polar surface area (TPSA) is 53.4 Å². The van der Waals surface area contributed by atoms with Crippen molar-refractivity contribution in [3.05, 3.63) is 29.0 Å². The quantitative estimate of drug-likeness (QED) is 0.726. The van der Waals surface area contributed by atoms with Crippen LogP contribution in [0.25, 0.3) is 0 Å². The van der Waals surface area contributed by atoms with Crippen molar-refractivity contribution in [1.29, 1.82) is 0 Å². The predicted octanol–water partition coefficient (Wildman–Crippen LogP) is 1.32. The fourth-order valence-corrected chi connectivity index (χ4v) is 1.27. The van der Waals surface area contributed by atoms with Gasteiger partial charge in [0.25, 0.3) is 0 Å². The van der Waals surface area contributed by atoms with Gasteiger partial charge >= 0.3 is 0 Å². The molecule has 3 nitrogen and oxygen atoms in total. The van der Waals surface area contributed by atoms with Crippen LogP contribution in [-0.4, -0.2) is 21.8 Å². The second kappa shape index (κ2) is 4.05. The SMILES string of the molecule is CC(O)(CCO)c1ccnc(Cl)c1. The van der Waals surface area contributed by atoms with E-state index >= 15 is 0 Å². The Labute approximate surface area is 82.0 Å². The summed E-state index contributed by atoms with van der Waals surface area (Å²) in [6, 6.07) is 3.28. The summed E-state index contributed by atoms with van der Waals surface area (Å²) in [6.07, 6.45) is 1.82. The fraction of sp³-hybridized carbons (Fsp3) is 0.444. The van der Waals surface area contributed by atoms with Crippen LogP contribution < -0.4 is 0 Å². The minimum Gasteiger partial charge on any atom is -0.396 e. The summed E-state index contributed by atoms with van der Waals surface area (Å²) in [5.41, 5.74) is -0.372. The number of aliphatic hydroxyl groups is 2. The van der Waals surface area contributed by atoms with Gasteiger partial charge in [-0.15, -0.1) is 0 Å². The number of nitrogens with zero attached hydrogens (tertiary/aromatic N) is 1. The van der Waals surface area contributed by atoms with Crippen molar-refractivity contribution in [2.45, 2.75) is 18.9 Å². The van der Waals surface area contributed by atoms with Gasteiger partial charge < -0.3 is 10.2 Å². The van der Waals surface area contributed by atoms with E-state index in [0.29, 0.717) is 10.7 Å². The molecule has 0 aliphatic carbocycles. The standard InChI is InChI=1S/C9H12ClNO2/c1-9(13,3-5-12)7-2-4-11-8(10)6-7/h2,4,6,12-13H,3,5H2,1H3. The van der Waals surface area contributed by atoms with Gasteiger partial charge in [-0.2, -0.15) is 0 Å². The molecule has 0 aliphatic rings. The van der Waals surface area contributed by atoms with Crippen molar-refractivity contribution in [1.82, 2.24) is 4.98 Å². The molecule has 0 aromatic carbocycles. The van der Waals surface area contributed by atoms with E-state index in [1.165, 1.54) is 6.20 Å². The largest absolute Gasteiger partial charge is 0.396 e. The Balaban J connectivity index is 2.93. The van der Waals surface area contributed by atoms with Crippen LogP contribution in [-0.2, 0) is 5.60 Å². The second-order valence-corrected chi connectivity index (χ2v) is 3.50. The van der Waals surface area contributed by atoms with E-state index in [-0.39, 0.29) is 13.0 Å². The van der Waals surface area contributed by atoms with Gasteiger partial charge in [0, 0.05) is 19.2 Å². The summed E-state index contributed by atoms with van der Waals surface area (Å²) < 4.78 is 0. The molecule has 0 saturated carbocycles. The molecule has 1 unspecified atom stereocenters. The molecule has 0 spiro atoms. The molecule has 0 aliphatic heterocycles. The molecular formula is C9H12ClNO2. The Morgan fingerprint density at radius 2 is 2.31 bits per heavy atom. The van der Waals surface area contributed by atoms with Gasteiger partial charge in [-0.3, -0.25) is 0 Å². The number of hydrogen-bond acceptors (Lipinski definition) is 3. The van der Waals surface area contributed by atoms with Crippen LogP contribution >= 0.6 is 11.6 Å². The van der Waals surface area contributed by atoms with Crippen molar-refractivity contribution in [3.8, 4) is 0 Å². The first kappa shape index (κ1) is 10.4. The Morgan fingerprint density at radius 3 is 2.85 bits per heavy atom. The maximum absolute atomic E-state index is 9.86. The Kier molecular flexibility index (Phi) is 3.25. The van der Waals surface area contributed by atoms with E-state index in [1.807, 2.05) is 0 Å². The second-order valence-electron chi connectivity index (χ2n) is 3.11. The van der Waals surface area contributed by atoms with Crippen LogP contribution in [0.15, 0.2) is 18.3 Å². The summed E-state index contributed by atoms with van der Waals surface area (Å²) in [5.74, 6) is 0. The number of pyridine rings is 1. The normalized spacial score (nSPS) is 15.4. The van der Waals surface area contributed by atoms with Crippen LogP contribution in [0.2, 0.25) is 5.15 Å². The van der Waals surface area contributed by atoms with Gasteiger partial charge in [0.2, 0.25) is 0 Å². The summed E-state index contributed by atoms with van der Waals surface area (Å²) in [6.45, 7) is 1.57. The molecule has 0 radical (unpaired) electrons. The van der Waals surface area contributed by atoms with Gasteiger partial charge in [0.05, 0.1) is 5.60 Å². The molecule has 1 aromatic rings. The molecule has 0 bridgehead atoms. The first-order chi connectivity index (χ1) is 6.06. The van der Waals surface area contributed by atoms with Crippen LogP contribution in [0.5, 0.6) is 0 Å². The zero-order chi connectivity index (χ0) is 9.90. The third-order valence-electron chi connectivity index (χ3n) is 1.95. The van der Waals surface area contributed by atoms with Crippen molar-refractivity contribution < 1.29 is 10.2 Å². The summed E-state index contributed by atoms with van der Waals surface area (Å²) in [4.78, 5) is 3.81. The van der Waals surface area contributed by atoms with Gasteiger partial charge in [0.1, 0.15) is 5.15 Å². The molecular weight excluding hydrogens is 190 g/mol. The maximum atomic E-state index is 9.86. The lowest BCUT2D eigenvalue weighted by atomic mass is 9.94.